The molecule has 0 atom stereocenters. The van der Waals surface area contributed by atoms with Crippen molar-refractivity contribution in [2.75, 3.05) is 0 Å². The van der Waals surface area contributed by atoms with E-state index in [4.69, 9.17) is 4.42 Å². The Bertz CT molecular complexity index is 406. The summed E-state index contributed by atoms with van der Waals surface area (Å²) in [5, 5.41) is 0. The zero-order valence-electron chi connectivity index (χ0n) is 7.51. The van der Waals surface area contributed by atoms with E-state index in [1.165, 1.54) is 12.5 Å². The number of benzene rings is 1. The smallest absolute Gasteiger partial charge is 0.263 e. The molecule has 0 radical (unpaired) electrons. The summed E-state index contributed by atoms with van der Waals surface area (Å²) in [5.74, 6) is 0.0788. The van der Waals surface area contributed by atoms with E-state index in [1.54, 1.807) is 0 Å². The van der Waals surface area contributed by atoms with Gasteiger partial charge in [-0.2, -0.15) is 0 Å². The number of rotatable bonds is 3. The normalized spacial score (nSPS) is 10.0. The number of oxazole rings is 1. The van der Waals surface area contributed by atoms with Gasteiger partial charge in [-0.05, 0) is 5.56 Å². The third kappa shape index (κ3) is 1.88. The summed E-state index contributed by atoms with van der Waals surface area (Å²) in [6.07, 6.45) is 3.21. The Balaban J connectivity index is 2.10. The lowest BCUT2D eigenvalue weighted by atomic mass is 10.1. The molecule has 0 aliphatic heterocycles. The van der Waals surface area contributed by atoms with Crippen LogP contribution in [-0.2, 0) is 6.42 Å². The molecule has 3 heteroatoms. The van der Waals surface area contributed by atoms with E-state index in [0.29, 0.717) is 6.42 Å². The maximum atomic E-state index is 11.5. The Morgan fingerprint density at radius 2 is 2.07 bits per heavy atom. The van der Waals surface area contributed by atoms with Crippen LogP contribution in [0.3, 0.4) is 0 Å². The van der Waals surface area contributed by atoms with Crippen molar-refractivity contribution in [1.82, 2.24) is 4.98 Å². The van der Waals surface area contributed by atoms with Gasteiger partial charge in [0.2, 0.25) is 5.78 Å². The van der Waals surface area contributed by atoms with Crippen LogP contribution in [0, 0.1) is 0 Å². The van der Waals surface area contributed by atoms with Crippen LogP contribution in [0.25, 0.3) is 0 Å². The summed E-state index contributed by atoms with van der Waals surface area (Å²) in [6, 6.07) is 9.52. The van der Waals surface area contributed by atoms with Crippen molar-refractivity contribution in [2.45, 2.75) is 6.42 Å². The van der Waals surface area contributed by atoms with E-state index in [0.717, 1.165) is 5.56 Å². The molecule has 0 bridgehead atoms. The van der Waals surface area contributed by atoms with Gasteiger partial charge >= 0.3 is 0 Å². The zero-order chi connectivity index (χ0) is 9.80. The third-order valence-corrected chi connectivity index (χ3v) is 1.88. The first-order valence-electron chi connectivity index (χ1n) is 4.33. The van der Waals surface area contributed by atoms with Gasteiger partial charge in [0, 0.05) is 6.42 Å². The molecule has 0 fully saturated rings. The standard InChI is InChI=1S/C11H9NO2/c13-10(11-12-6-7-14-11)8-9-4-2-1-3-5-9/h1-7H,8H2. The van der Waals surface area contributed by atoms with E-state index in [2.05, 4.69) is 4.98 Å². The molecule has 14 heavy (non-hydrogen) atoms. The average molecular weight is 187 g/mol. The predicted molar refractivity (Wildman–Crippen MR) is 51.0 cm³/mol. The molecule has 2 rings (SSSR count). The van der Waals surface area contributed by atoms with Gasteiger partial charge in [-0.3, -0.25) is 4.79 Å². The molecule has 0 N–H and O–H groups in total. The van der Waals surface area contributed by atoms with Crippen LogP contribution in [0.1, 0.15) is 16.2 Å². The average Bonchev–Trinajstić information content (AvgIpc) is 2.72. The topological polar surface area (TPSA) is 43.1 Å². The molecule has 0 unspecified atom stereocenters. The van der Waals surface area contributed by atoms with E-state index in [1.807, 2.05) is 30.3 Å². The van der Waals surface area contributed by atoms with E-state index in [9.17, 15) is 4.79 Å². The molecular formula is C11H9NO2. The van der Waals surface area contributed by atoms with E-state index >= 15 is 0 Å². The summed E-state index contributed by atoms with van der Waals surface area (Å²) in [4.78, 5) is 15.3. The van der Waals surface area contributed by atoms with Crippen molar-refractivity contribution >= 4 is 5.78 Å². The molecule has 1 heterocycles. The van der Waals surface area contributed by atoms with Crippen molar-refractivity contribution in [3.8, 4) is 0 Å². The number of hydrogen-bond acceptors (Lipinski definition) is 3. The number of ketones is 1. The van der Waals surface area contributed by atoms with Crippen molar-refractivity contribution < 1.29 is 9.21 Å². The van der Waals surface area contributed by atoms with Crippen molar-refractivity contribution in [3.05, 3.63) is 54.2 Å². The molecule has 0 amide bonds. The maximum Gasteiger partial charge on any atom is 0.263 e. The minimum absolute atomic E-state index is 0.0961. The second-order valence-electron chi connectivity index (χ2n) is 2.92. The molecule has 1 aromatic heterocycles. The van der Waals surface area contributed by atoms with Gasteiger partial charge in [-0.25, -0.2) is 4.98 Å². The van der Waals surface area contributed by atoms with Gasteiger partial charge in [0.25, 0.3) is 5.89 Å². The molecule has 0 saturated carbocycles. The Kier molecular flexibility index (Phi) is 2.40. The number of aromatic nitrogens is 1. The zero-order valence-corrected chi connectivity index (χ0v) is 7.51. The third-order valence-electron chi connectivity index (χ3n) is 1.88. The van der Waals surface area contributed by atoms with Gasteiger partial charge in [0.1, 0.15) is 6.26 Å². The minimum atomic E-state index is -0.0961. The van der Waals surface area contributed by atoms with Crippen molar-refractivity contribution in [1.29, 1.82) is 0 Å². The predicted octanol–water partition coefficient (Wildman–Crippen LogP) is 2.10. The summed E-state index contributed by atoms with van der Waals surface area (Å²) in [6.45, 7) is 0. The van der Waals surface area contributed by atoms with Gasteiger partial charge in [0.15, 0.2) is 0 Å². The highest BCUT2D eigenvalue weighted by Gasteiger charge is 2.10. The second kappa shape index (κ2) is 3.87. The highest BCUT2D eigenvalue weighted by Crippen LogP contribution is 2.05. The first-order chi connectivity index (χ1) is 6.86. The first-order valence-corrected chi connectivity index (χ1v) is 4.33. The Labute approximate surface area is 81.4 Å². The van der Waals surface area contributed by atoms with E-state index < -0.39 is 0 Å². The lowest BCUT2D eigenvalue weighted by Crippen LogP contribution is -2.03. The molecule has 70 valence electrons. The largest absolute Gasteiger partial charge is 0.442 e. The number of nitrogens with zero attached hydrogens (tertiary/aromatic N) is 1. The molecule has 0 aliphatic carbocycles. The second-order valence-corrected chi connectivity index (χ2v) is 2.92. The quantitative estimate of drug-likeness (QED) is 0.691. The monoisotopic (exact) mass is 187 g/mol. The first kappa shape index (κ1) is 8.69. The number of Topliss-reactive ketones (excluding diaryl/α,β-unsaturated/α-hetero) is 1. The van der Waals surface area contributed by atoms with Crippen LogP contribution in [-0.4, -0.2) is 10.8 Å². The lowest BCUT2D eigenvalue weighted by Gasteiger charge is -1.96. The molecule has 2 aromatic rings. The summed E-state index contributed by atoms with van der Waals surface area (Å²) >= 11 is 0. The SMILES string of the molecule is O=C(Cc1ccccc1)c1ncco1. The highest BCUT2D eigenvalue weighted by molar-refractivity contribution is 5.93. The fourth-order valence-electron chi connectivity index (χ4n) is 1.22. The van der Waals surface area contributed by atoms with Crippen molar-refractivity contribution in [3.63, 3.8) is 0 Å². The van der Waals surface area contributed by atoms with Crippen LogP contribution in [0.4, 0.5) is 0 Å². The van der Waals surface area contributed by atoms with Crippen LogP contribution in [0.2, 0.25) is 0 Å². The van der Waals surface area contributed by atoms with Crippen LogP contribution >= 0.6 is 0 Å². The Morgan fingerprint density at radius 1 is 1.29 bits per heavy atom. The number of carbonyl (C=O) groups excluding carboxylic acids is 1. The molecule has 1 aromatic carbocycles. The molecule has 0 saturated heterocycles. The van der Waals surface area contributed by atoms with Gasteiger partial charge in [-0.1, -0.05) is 30.3 Å². The van der Waals surface area contributed by atoms with Crippen LogP contribution < -0.4 is 0 Å². The fraction of sp³-hybridized carbons (Fsp3) is 0.0909. The summed E-state index contributed by atoms with van der Waals surface area (Å²) in [5.41, 5.74) is 0.968. The van der Waals surface area contributed by atoms with Crippen LogP contribution in [0.5, 0.6) is 0 Å². The number of hydrogen-bond donors (Lipinski definition) is 0. The van der Waals surface area contributed by atoms with Gasteiger partial charge < -0.3 is 4.42 Å². The summed E-state index contributed by atoms with van der Waals surface area (Å²) in [7, 11) is 0. The van der Waals surface area contributed by atoms with Crippen LogP contribution in [0.15, 0.2) is 47.2 Å². The Morgan fingerprint density at radius 3 is 2.71 bits per heavy atom. The van der Waals surface area contributed by atoms with Gasteiger partial charge in [-0.15, -0.1) is 0 Å². The maximum absolute atomic E-state index is 11.5. The van der Waals surface area contributed by atoms with Gasteiger partial charge in [0.05, 0.1) is 6.20 Å². The molecular weight excluding hydrogens is 178 g/mol. The fourth-order valence-corrected chi connectivity index (χ4v) is 1.22. The molecule has 3 nitrogen and oxygen atoms in total. The number of carbonyl (C=O) groups is 1. The Hall–Kier alpha value is -1.90. The van der Waals surface area contributed by atoms with E-state index in [-0.39, 0.29) is 11.7 Å². The minimum Gasteiger partial charge on any atom is -0.442 e. The van der Waals surface area contributed by atoms with Crippen molar-refractivity contribution in [2.24, 2.45) is 0 Å². The molecule has 0 spiro atoms. The summed E-state index contributed by atoms with van der Waals surface area (Å²) < 4.78 is 4.91. The molecule has 0 aliphatic rings. The lowest BCUT2D eigenvalue weighted by molar-refractivity contribution is 0.0960. The highest BCUT2D eigenvalue weighted by atomic mass is 16.3.